The van der Waals surface area contributed by atoms with E-state index >= 15 is 0 Å². The van der Waals surface area contributed by atoms with Crippen LogP contribution in [0.2, 0.25) is 0 Å². The van der Waals surface area contributed by atoms with Crippen LogP contribution in [-0.2, 0) is 42.6 Å². The highest BCUT2D eigenvalue weighted by molar-refractivity contribution is 7.09. The summed E-state index contributed by atoms with van der Waals surface area (Å²) in [6.07, 6.45) is 0.165. The van der Waals surface area contributed by atoms with Gasteiger partial charge in [-0.15, -0.1) is 6.42 Å². The first kappa shape index (κ1) is 21.3. The van der Waals surface area contributed by atoms with Crippen LogP contribution in [0.5, 0.6) is 0 Å². The van der Waals surface area contributed by atoms with Gasteiger partial charge in [-0.05, 0) is 0 Å². The van der Waals surface area contributed by atoms with Gasteiger partial charge in [0.25, 0.3) is 0 Å². The summed E-state index contributed by atoms with van der Waals surface area (Å²) in [6.45, 7) is 3.26. The molecule has 1 aliphatic rings. The van der Waals surface area contributed by atoms with Crippen LogP contribution in [-0.4, -0.2) is 61.8 Å². The van der Waals surface area contributed by atoms with Crippen LogP contribution in [0, 0.1) is 12.3 Å². The maximum Gasteiger partial charge on any atom is 0.303 e. The van der Waals surface area contributed by atoms with E-state index in [4.69, 9.17) is 34.6 Å². The summed E-state index contributed by atoms with van der Waals surface area (Å²) in [5, 5.41) is 0. The van der Waals surface area contributed by atoms with Gasteiger partial charge in [0.15, 0.2) is 12.2 Å². The van der Waals surface area contributed by atoms with Crippen molar-refractivity contribution >= 4 is 27.4 Å². The maximum atomic E-state index is 11.5. The normalized spacial score (nSPS) is 28.5. The summed E-state index contributed by atoms with van der Waals surface area (Å²) in [4.78, 5) is 34.0. The van der Waals surface area contributed by atoms with Crippen LogP contribution in [0.25, 0.3) is 0 Å². The highest BCUT2D eigenvalue weighted by Crippen LogP contribution is 2.30. The SMILES string of the molecule is C#CCOC1[C@@H](OC(C)=O)C(COC(C)=O)O[C@@H](OP)[C@H]1OC(C)=O. The summed E-state index contributed by atoms with van der Waals surface area (Å²) >= 11 is 0. The summed E-state index contributed by atoms with van der Waals surface area (Å²) in [6, 6.07) is 0. The predicted molar refractivity (Wildman–Crippen MR) is 85.8 cm³/mol. The second-order valence-corrected chi connectivity index (χ2v) is 5.38. The third-order valence-corrected chi connectivity index (χ3v) is 3.41. The largest absolute Gasteiger partial charge is 0.463 e. The lowest BCUT2D eigenvalue weighted by atomic mass is 9.98. The van der Waals surface area contributed by atoms with Crippen molar-refractivity contribution in [3.63, 3.8) is 0 Å². The molecule has 0 aliphatic carbocycles. The average molecular weight is 376 g/mol. The molecule has 9 nitrogen and oxygen atoms in total. The Morgan fingerprint density at radius 1 is 1.04 bits per heavy atom. The molecular formula is C15H21O9P. The Balaban J connectivity index is 3.14. The van der Waals surface area contributed by atoms with E-state index in [0.29, 0.717) is 0 Å². The molecule has 10 heteroatoms. The molecule has 0 spiro atoms. The molecule has 0 amide bonds. The Labute approximate surface area is 147 Å². The molecule has 1 fully saturated rings. The molecule has 1 rings (SSSR count). The number of hydrogen-bond donors (Lipinski definition) is 0. The standard InChI is InChI=1S/C15H21O9P/c1-5-6-19-13-12(21-9(3)17)11(7-20-8(2)16)23-15(24-25)14(13)22-10(4)18/h1,11-15H,6-7,25H2,2-4H3/t11?,12-,13?,14-,15-/m0/s1. The van der Waals surface area contributed by atoms with Gasteiger partial charge in [-0.25, -0.2) is 0 Å². The molecule has 0 bridgehead atoms. The van der Waals surface area contributed by atoms with E-state index in [-0.39, 0.29) is 13.2 Å². The molecule has 3 unspecified atom stereocenters. The number of carbonyl (C=O) groups excluding carboxylic acids is 3. The Kier molecular flexibility index (Phi) is 8.79. The van der Waals surface area contributed by atoms with E-state index in [2.05, 4.69) is 5.92 Å². The van der Waals surface area contributed by atoms with Crippen molar-refractivity contribution in [1.82, 2.24) is 0 Å². The highest BCUT2D eigenvalue weighted by Gasteiger charge is 2.51. The lowest BCUT2D eigenvalue weighted by Gasteiger charge is -2.43. The predicted octanol–water partition coefficient (Wildman–Crippen LogP) is -0.0371. The second kappa shape index (κ2) is 10.3. The van der Waals surface area contributed by atoms with Gasteiger partial charge in [-0.2, -0.15) is 0 Å². The highest BCUT2D eigenvalue weighted by atomic mass is 31.0. The summed E-state index contributed by atoms with van der Waals surface area (Å²) < 4.78 is 31.6. The average Bonchev–Trinajstić information content (AvgIpc) is 2.52. The van der Waals surface area contributed by atoms with E-state index < -0.39 is 48.6 Å². The first-order valence-electron chi connectivity index (χ1n) is 7.34. The first-order chi connectivity index (χ1) is 11.8. The molecule has 1 aliphatic heterocycles. The van der Waals surface area contributed by atoms with Gasteiger partial charge in [0.1, 0.15) is 25.4 Å². The summed E-state index contributed by atoms with van der Waals surface area (Å²) in [5.41, 5.74) is 0. The van der Waals surface area contributed by atoms with Crippen LogP contribution < -0.4 is 0 Å². The Morgan fingerprint density at radius 2 is 1.64 bits per heavy atom. The molecule has 0 aromatic rings. The number of hydrogen-bond acceptors (Lipinski definition) is 9. The van der Waals surface area contributed by atoms with Crippen molar-refractivity contribution in [2.24, 2.45) is 0 Å². The van der Waals surface area contributed by atoms with Gasteiger partial charge in [-0.1, -0.05) is 5.92 Å². The number of rotatable bonds is 7. The fourth-order valence-corrected chi connectivity index (χ4v) is 2.53. The number of terminal acetylenes is 1. The fourth-order valence-electron chi connectivity index (χ4n) is 2.31. The quantitative estimate of drug-likeness (QED) is 0.262. The van der Waals surface area contributed by atoms with Crippen molar-refractivity contribution in [2.75, 3.05) is 13.2 Å². The minimum atomic E-state index is -1.07. The summed E-state index contributed by atoms with van der Waals surface area (Å²) in [5.74, 6) is 0.502. The van der Waals surface area contributed by atoms with Crippen LogP contribution in [0.1, 0.15) is 20.8 Å². The zero-order chi connectivity index (χ0) is 19.0. The summed E-state index contributed by atoms with van der Waals surface area (Å²) in [7, 11) is 1.98. The first-order valence-corrected chi connectivity index (χ1v) is 7.81. The number of carbonyl (C=O) groups is 3. The molecule has 0 saturated carbocycles. The van der Waals surface area contributed by atoms with Crippen LogP contribution in [0.3, 0.4) is 0 Å². The van der Waals surface area contributed by atoms with E-state index in [9.17, 15) is 14.4 Å². The maximum absolute atomic E-state index is 11.5. The lowest BCUT2D eigenvalue weighted by Crippen LogP contribution is -2.62. The fraction of sp³-hybridized carbons (Fsp3) is 0.667. The molecule has 0 N–H and O–H groups in total. The van der Waals surface area contributed by atoms with E-state index in [1.165, 1.54) is 20.8 Å². The smallest absolute Gasteiger partial charge is 0.303 e. The minimum absolute atomic E-state index is 0.135. The van der Waals surface area contributed by atoms with Crippen LogP contribution in [0.15, 0.2) is 0 Å². The monoisotopic (exact) mass is 376 g/mol. The van der Waals surface area contributed by atoms with Gasteiger partial charge in [0, 0.05) is 30.2 Å². The van der Waals surface area contributed by atoms with Gasteiger partial charge < -0.3 is 28.2 Å². The van der Waals surface area contributed by atoms with Gasteiger partial charge >= 0.3 is 17.9 Å². The minimum Gasteiger partial charge on any atom is -0.463 e. The molecule has 1 heterocycles. The van der Waals surface area contributed by atoms with Crippen LogP contribution >= 0.6 is 9.47 Å². The third kappa shape index (κ3) is 6.59. The van der Waals surface area contributed by atoms with Crippen LogP contribution in [0.4, 0.5) is 0 Å². The van der Waals surface area contributed by atoms with Gasteiger partial charge in [0.05, 0.1) is 0 Å². The van der Waals surface area contributed by atoms with Crippen molar-refractivity contribution in [3.05, 3.63) is 0 Å². The molecule has 25 heavy (non-hydrogen) atoms. The lowest BCUT2D eigenvalue weighted by molar-refractivity contribution is -0.289. The molecule has 0 radical (unpaired) electrons. The van der Waals surface area contributed by atoms with Crippen molar-refractivity contribution in [2.45, 2.75) is 51.5 Å². The third-order valence-electron chi connectivity index (χ3n) is 3.14. The molecule has 0 aromatic carbocycles. The zero-order valence-electron chi connectivity index (χ0n) is 14.1. The van der Waals surface area contributed by atoms with E-state index in [0.717, 1.165) is 0 Å². The van der Waals surface area contributed by atoms with E-state index in [1.807, 2.05) is 9.47 Å². The molecule has 0 aromatic heterocycles. The topological polar surface area (TPSA) is 107 Å². The van der Waals surface area contributed by atoms with Crippen molar-refractivity contribution in [1.29, 1.82) is 0 Å². The van der Waals surface area contributed by atoms with Crippen molar-refractivity contribution in [3.8, 4) is 12.3 Å². The second-order valence-electron chi connectivity index (χ2n) is 5.11. The zero-order valence-corrected chi connectivity index (χ0v) is 15.3. The Bertz CT molecular complexity index is 530. The van der Waals surface area contributed by atoms with Crippen molar-refractivity contribution < 1.29 is 42.6 Å². The van der Waals surface area contributed by atoms with E-state index in [1.54, 1.807) is 0 Å². The molecule has 6 atom stereocenters. The molecular weight excluding hydrogens is 355 g/mol. The Hall–Kier alpha value is -1.72. The molecule has 140 valence electrons. The van der Waals surface area contributed by atoms with Gasteiger partial charge in [-0.3, -0.25) is 14.4 Å². The number of ether oxygens (including phenoxy) is 5. The molecule has 1 saturated heterocycles. The van der Waals surface area contributed by atoms with Gasteiger partial charge in [0.2, 0.25) is 6.29 Å². The number of esters is 3. The Morgan fingerprint density at radius 3 is 2.12 bits per heavy atom.